The van der Waals surface area contributed by atoms with Gasteiger partial charge in [-0.25, -0.2) is 4.72 Å². The van der Waals surface area contributed by atoms with Crippen molar-refractivity contribution in [2.24, 2.45) is 5.92 Å². The van der Waals surface area contributed by atoms with Crippen LogP contribution in [0.4, 0.5) is 0 Å². The lowest BCUT2D eigenvalue weighted by Gasteiger charge is -2.30. The molecule has 1 aliphatic carbocycles. The molecule has 4 nitrogen and oxygen atoms in total. The molecule has 5 heteroatoms. The van der Waals surface area contributed by atoms with Gasteiger partial charge in [-0.2, -0.15) is 12.7 Å². The number of hydrogen-bond acceptors (Lipinski definition) is 2. The molecule has 1 saturated carbocycles. The molecule has 1 aliphatic heterocycles. The highest BCUT2D eigenvalue weighted by atomic mass is 32.2. The molecule has 0 amide bonds. The van der Waals surface area contributed by atoms with Crippen LogP contribution >= 0.6 is 0 Å². The molecule has 1 aromatic rings. The number of piperidine rings is 1. The summed E-state index contributed by atoms with van der Waals surface area (Å²) in [6, 6.07) is 10.2. The maximum atomic E-state index is 12.5. The fourth-order valence-electron chi connectivity index (χ4n) is 3.20. The van der Waals surface area contributed by atoms with Crippen molar-refractivity contribution < 1.29 is 8.42 Å². The van der Waals surface area contributed by atoms with Gasteiger partial charge in [-0.3, -0.25) is 0 Å². The van der Waals surface area contributed by atoms with E-state index in [1.807, 2.05) is 18.2 Å². The zero-order valence-corrected chi connectivity index (χ0v) is 13.4. The van der Waals surface area contributed by atoms with Crippen molar-refractivity contribution in [2.75, 3.05) is 19.6 Å². The van der Waals surface area contributed by atoms with Crippen LogP contribution in [-0.2, 0) is 15.6 Å². The van der Waals surface area contributed by atoms with Crippen LogP contribution < -0.4 is 4.72 Å². The minimum atomic E-state index is -3.33. The minimum Gasteiger partial charge on any atom is -0.201 e. The molecule has 1 N–H and O–H groups in total. The SMILES string of the molecule is C[C@H]1CCCN(S(=O)(=O)NCC2(c3ccccc3)CC2)C1. The van der Waals surface area contributed by atoms with Crippen molar-refractivity contribution >= 4 is 10.2 Å². The molecule has 0 spiro atoms. The van der Waals surface area contributed by atoms with Crippen LogP contribution in [0.1, 0.15) is 38.2 Å². The minimum absolute atomic E-state index is 0.0235. The zero-order valence-electron chi connectivity index (χ0n) is 12.6. The fraction of sp³-hybridized carbons (Fsp3) is 0.625. The molecule has 116 valence electrons. The molecule has 0 radical (unpaired) electrons. The molecule has 1 heterocycles. The van der Waals surface area contributed by atoms with E-state index in [-0.39, 0.29) is 5.41 Å². The summed E-state index contributed by atoms with van der Waals surface area (Å²) in [4.78, 5) is 0. The molecule has 1 aromatic carbocycles. The Bertz CT molecular complexity index is 582. The van der Waals surface area contributed by atoms with Crippen molar-refractivity contribution in [3.63, 3.8) is 0 Å². The van der Waals surface area contributed by atoms with E-state index in [4.69, 9.17) is 0 Å². The second kappa shape index (κ2) is 5.71. The highest BCUT2D eigenvalue weighted by molar-refractivity contribution is 7.87. The lowest BCUT2D eigenvalue weighted by molar-refractivity contribution is 0.278. The summed E-state index contributed by atoms with van der Waals surface area (Å²) in [5, 5.41) is 0. The Balaban J connectivity index is 1.64. The third-order valence-corrected chi connectivity index (χ3v) is 6.31. The Morgan fingerprint density at radius 3 is 2.62 bits per heavy atom. The summed E-state index contributed by atoms with van der Waals surface area (Å²) >= 11 is 0. The van der Waals surface area contributed by atoms with Crippen LogP contribution in [0.2, 0.25) is 0 Å². The van der Waals surface area contributed by atoms with Gasteiger partial charge < -0.3 is 0 Å². The van der Waals surface area contributed by atoms with Crippen LogP contribution in [0.3, 0.4) is 0 Å². The highest BCUT2D eigenvalue weighted by Gasteiger charge is 2.45. The Hall–Kier alpha value is -0.910. The van der Waals surface area contributed by atoms with Crippen LogP contribution in [0, 0.1) is 5.92 Å². The predicted molar refractivity (Wildman–Crippen MR) is 84.2 cm³/mol. The van der Waals surface area contributed by atoms with Gasteiger partial charge in [0.15, 0.2) is 0 Å². The third kappa shape index (κ3) is 3.30. The smallest absolute Gasteiger partial charge is 0.201 e. The third-order valence-electron chi connectivity index (χ3n) is 4.79. The molecule has 21 heavy (non-hydrogen) atoms. The molecule has 1 saturated heterocycles. The average molecular weight is 308 g/mol. The van der Waals surface area contributed by atoms with E-state index in [9.17, 15) is 8.42 Å². The molecule has 0 bridgehead atoms. The number of rotatable bonds is 5. The second-order valence-electron chi connectivity index (χ2n) is 6.58. The zero-order chi connectivity index (χ0) is 14.9. The Kier molecular flexibility index (Phi) is 4.08. The topological polar surface area (TPSA) is 49.4 Å². The Labute approximate surface area is 127 Å². The van der Waals surface area contributed by atoms with Crippen molar-refractivity contribution in [3.05, 3.63) is 35.9 Å². The van der Waals surface area contributed by atoms with Gasteiger partial charge in [0, 0.05) is 25.0 Å². The van der Waals surface area contributed by atoms with Crippen molar-refractivity contribution in [3.8, 4) is 0 Å². The molecular weight excluding hydrogens is 284 g/mol. The van der Waals surface area contributed by atoms with Gasteiger partial charge in [-0.05, 0) is 37.2 Å². The van der Waals surface area contributed by atoms with Gasteiger partial charge in [-0.15, -0.1) is 0 Å². The van der Waals surface area contributed by atoms with Crippen LogP contribution in [0.15, 0.2) is 30.3 Å². The normalized spacial score (nSPS) is 25.7. The first kappa shape index (κ1) is 15.0. The Morgan fingerprint density at radius 1 is 1.29 bits per heavy atom. The fourth-order valence-corrected chi connectivity index (χ4v) is 4.66. The maximum Gasteiger partial charge on any atom is 0.279 e. The van der Waals surface area contributed by atoms with E-state index in [0.29, 0.717) is 25.6 Å². The number of hydrogen-bond donors (Lipinski definition) is 1. The van der Waals surface area contributed by atoms with Gasteiger partial charge >= 0.3 is 0 Å². The van der Waals surface area contributed by atoms with Gasteiger partial charge in [0.05, 0.1) is 0 Å². The van der Waals surface area contributed by atoms with Crippen LogP contribution in [0.25, 0.3) is 0 Å². The number of nitrogens with one attached hydrogen (secondary N) is 1. The van der Waals surface area contributed by atoms with E-state index < -0.39 is 10.2 Å². The van der Waals surface area contributed by atoms with Gasteiger partial charge in [0.2, 0.25) is 0 Å². The second-order valence-corrected chi connectivity index (χ2v) is 8.33. The highest BCUT2D eigenvalue weighted by Crippen LogP contribution is 2.47. The van der Waals surface area contributed by atoms with Gasteiger partial charge in [-0.1, -0.05) is 37.3 Å². The van der Waals surface area contributed by atoms with E-state index in [0.717, 1.165) is 25.7 Å². The first-order chi connectivity index (χ1) is 10.0. The van der Waals surface area contributed by atoms with Gasteiger partial charge in [0.1, 0.15) is 0 Å². The van der Waals surface area contributed by atoms with Crippen molar-refractivity contribution in [1.29, 1.82) is 0 Å². The number of benzene rings is 1. The molecule has 2 fully saturated rings. The van der Waals surface area contributed by atoms with Crippen LogP contribution in [-0.4, -0.2) is 32.4 Å². The summed E-state index contributed by atoms with van der Waals surface area (Å²) < 4.78 is 29.4. The predicted octanol–water partition coefficient (Wildman–Crippen LogP) is 2.28. The Morgan fingerprint density at radius 2 is 2.00 bits per heavy atom. The maximum absolute atomic E-state index is 12.5. The summed E-state index contributed by atoms with van der Waals surface area (Å²) in [7, 11) is -3.33. The van der Waals surface area contributed by atoms with E-state index in [1.54, 1.807) is 4.31 Å². The molecule has 0 aromatic heterocycles. The first-order valence-electron chi connectivity index (χ1n) is 7.82. The van der Waals surface area contributed by atoms with Crippen molar-refractivity contribution in [1.82, 2.24) is 9.03 Å². The van der Waals surface area contributed by atoms with E-state index >= 15 is 0 Å². The molecule has 1 atom stereocenters. The molecular formula is C16H24N2O2S. The van der Waals surface area contributed by atoms with Crippen molar-refractivity contribution in [2.45, 2.75) is 38.0 Å². The summed E-state index contributed by atoms with van der Waals surface area (Å²) in [6.07, 6.45) is 4.22. The van der Waals surface area contributed by atoms with Gasteiger partial charge in [0.25, 0.3) is 10.2 Å². The van der Waals surface area contributed by atoms with E-state index in [1.165, 1.54) is 5.56 Å². The molecule has 0 unspecified atom stereocenters. The molecule has 2 aliphatic rings. The number of nitrogens with zero attached hydrogens (tertiary/aromatic N) is 1. The summed E-state index contributed by atoms with van der Waals surface area (Å²) in [6.45, 7) is 3.93. The quantitative estimate of drug-likeness (QED) is 0.907. The van der Waals surface area contributed by atoms with Crippen LogP contribution in [0.5, 0.6) is 0 Å². The summed E-state index contributed by atoms with van der Waals surface area (Å²) in [5.41, 5.74) is 1.27. The standard InChI is InChI=1S/C16H24N2O2S/c1-14-6-5-11-18(12-14)21(19,20)17-13-16(9-10-16)15-7-3-2-4-8-15/h2-4,7-8,14,17H,5-6,9-13H2,1H3/t14-/m0/s1. The van der Waals surface area contributed by atoms with E-state index in [2.05, 4.69) is 23.8 Å². The largest absolute Gasteiger partial charge is 0.279 e. The first-order valence-corrected chi connectivity index (χ1v) is 9.26. The lowest BCUT2D eigenvalue weighted by atomic mass is 9.96. The average Bonchev–Trinajstić information content (AvgIpc) is 3.28. The summed E-state index contributed by atoms with van der Waals surface area (Å²) in [5.74, 6) is 0.458. The lowest BCUT2D eigenvalue weighted by Crippen LogP contribution is -2.47. The monoisotopic (exact) mass is 308 g/mol. The molecule has 3 rings (SSSR count).